The maximum Gasteiger partial charge on any atom is 0.258 e. The molecular formula is C24H23BMnN3O3-. The third kappa shape index (κ3) is 3.76. The molecule has 0 spiro atoms. The van der Waals surface area contributed by atoms with Gasteiger partial charge in [-0.15, -0.1) is 6.54 Å². The van der Waals surface area contributed by atoms with E-state index in [1.807, 2.05) is 43.0 Å². The molecule has 0 unspecified atom stereocenters. The minimum absolute atomic E-state index is 0. The van der Waals surface area contributed by atoms with Crippen molar-refractivity contribution >= 4 is 19.2 Å². The van der Waals surface area contributed by atoms with Gasteiger partial charge in [0.25, 0.3) is 5.89 Å². The first-order chi connectivity index (χ1) is 15.0. The van der Waals surface area contributed by atoms with Crippen molar-refractivity contribution in [2.75, 3.05) is 6.54 Å². The SMILES string of the molecule is [B]c1cc(-c2nc(-c3cccc4c3C[C@H]3CC(=O)N(C[CH2-])[C@@H]43)no2)ccc1OC(C)C.[Mn]. The molecule has 3 radical (unpaired) electrons. The van der Waals surface area contributed by atoms with Crippen LogP contribution in [0.4, 0.5) is 0 Å². The number of hydrogen-bond acceptors (Lipinski definition) is 5. The van der Waals surface area contributed by atoms with Crippen LogP contribution < -0.4 is 10.2 Å². The summed E-state index contributed by atoms with van der Waals surface area (Å²) in [6, 6.07) is 11.7. The molecule has 2 aromatic carbocycles. The average molecular weight is 467 g/mol. The Hall–Kier alpha value is -2.57. The average Bonchev–Trinajstić information content (AvgIpc) is 3.42. The third-order valence-corrected chi connectivity index (χ3v) is 6.06. The van der Waals surface area contributed by atoms with E-state index in [9.17, 15) is 4.79 Å². The van der Waals surface area contributed by atoms with Crippen molar-refractivity contribution in [2.24, 2.45) is 5.92 Å². The van der Waals surface area contributed by atoms with Gasteiger partial charge in [0.1, 0.15) is 13.6 Å². The molecule has 163 valence electrons. The van der Waals surface area contributed by atoms with E-state index in [0.717, 1.165) is 17.5 Å². The summed E-state index contributed by atoms with van der Waals surface area (Å²) in [6.07, 6.45) is 1.43. The summed E-state index contributed by atoms with van der Waals surface area (Å²) in [5.41, 5.74) is 4.58. The number of amides is 1. The van der Waals surface area contributed by atoms with E-state index in [0.29, 0.717) is 35.9 Å². The summed E-state index contributed by atoms with van der Waals surface area (Å²) in [6.45, 7) is 8.33. The molecule has 6 nitrogen and oxygen atoms in total. The van der Waals surface area contributed by atoms with E-state index in [-0.39, 0.29) is 41.0 Å². The fraction of sp³-hybridized carbons (Fsp3) is 0.333. The Kier molecular flexibility index (Phi) is 6.19. The van der Waals surface area contributed by atoms with Gasteiger partial charge in [0.05, 0.1) is 12.1 Å². The van der Waals surface area contributed by atoms with Gasteiger partial charge in [-0.1, -0.05) is 34.9 Å². The van der Waals surface area contributed by atoms with Gasteiger partial charge >= 0.3 is 0 Å². The molecule has 0 saturated carbocycles. The number of carbonyl (C=O) groups excluding carboxylic acids is 1. The number of nitrogens with zero attached hydrogens (tertiary/aromatic N) is 3. The third-order valence-electron chi connectivity index (χ3n) is 6.06. The van der Waals surface area contributed by atoms with E-state index >= 15 is 0 Å². The number of carbonyl (C=O) groups is 1. The van der Waals surface area contributed by atoms with Crippen LogP contribution in [0, 0.1) is 12.8 Å². The number of likely N-dealkylation sites (tertiary alicyclic amines) is 1. The largest absolute Gasteiger partial charge is 0.492 e. The van der Waals surface area contributed by atoms with E-state index in [1.54, 1.807) is 6.07 Å². The maximum atomic E-state index is 12.3. The molecule has 1 saturated heterocycles. The second-order valence-corrected chi connectivity index (χ2v) is 8.42. The van der Waals surface area contributed by atoms with Gasteiger partial charge in [-0.2, -0.15) is 4.98 Å². The molecule has 1 fully saturated rings. The molecule has 1 aliphatic heterocycles. The van der Waals surface area contributed by atoms with Crippen LogP contribution >= 0.6 is 0 Å². The number of hydrogen-bond donors (Lipinski definition) is 0. The molecule has 0 N–H and O–H groups in total. The van der Waals surface area contributed by atoms with Crippen LogP contribution in [0.2, 0.25) is 0 Å². The predicted molar refractivity (Wildman–Crippen MR) is 118 cm³/mol. The number of benzene rings is 2. The molecule has 2 aliphatic rings. The molecule has 2 atom stereocenters. The summed E-state index contributed by atoms with van der Waals surface area (Å²) in [7, 11) is 6.14. The summed E-state index contributed by atoms with van der Waals surface area (Å²) in [4.78, 5) is 18.8. The Morgan fingerprint density at radius 2 is 2.09 bits per heavy atom. The van der Waals surface area contributed by atoms with Gasteiger partial charge in [0.2, 0.25) is 11.7 Å². The molecule has 3 aromatic rings. The van der Waals surface area contributed by atoms with Crippen LogP contribution in [0.3, 0.4) is 0 Å². The van der Waals surface area contributed by atoms with Crippen LogP contribution in [-0.4, -0.2) is 41.4 Å². The number of ether oxygens (including phenoxy) is 1. The quantitative estimate of drug-likeness (QED) is 0.426. The second-order valence-electron chi connectivity index (χ2n) is 8.42. The summed E-state index contributed by atoms with van der Waals surface area (Å²) in [5.74, 6) is 2.05. The van der Waals surface area contributed by atoms with Crippen LogP contribution in [0.5, 0.6) is 5.75 Å². The molecule has 1 amide bonds. The van der Waals surface area contributed by atoms with Crippen molar-refractivity contribution in [1.29, 1.82) is 0 Å². The Balaban J connectivity index is 0.00000245. The Morgan fingerprint density at radius 1 is 1.28 bits per heavy atom. The van der Waals surface area contributed by atoms with Crippen molar-refractivity contribution in [1.82, 2.24) is 15.0 Å². The molecule has 2 heterocycles. The molecule has 0 bridgehead atoms. The molecular weight excluding hydrogens is 444 g/mol. The molecule has 5 rings (SSSR count). The van der Waals surface area contributed by atoms with E-state index < -0.39 is 0 Å². The maximum absolute atomic E-state index is 12.3. The Morgan fingerprint density at radius 3 is 2.81 bits per heavy atom. The Bertz CT molecular complexity index is 1160. The predicted octanol–water partition coefficient (Wildman–Crippen LogP) is 3.26. The van der Waals surface area contributed by atoms with Crippen molar-refractivity contribution in [2.45, 2.75) is 38.8 Å². The first kappa shape index (κ1) is 22.6. The topological polar surface area (TPSA) is 68.5 Å². The summed E-state index contributed by atoms with van der Waals surface area (Å²) >= 11 is 0. The van der Waals surface area contributed by atoms with Crippen molar-refractivity contribution < 1.29 is 31.1 Å². The van der Waals surface area contributed by atoms with Crippen molar-refractivity contribution in [3.8, 4) is 28.6 Å². The van der Waals surface area contributed by atoms with Gasteiger partial charge in [-0.3, -0.25) is 4.79 Å². The van der Waals surface area contributed by atoms with E-state index in [2.05, 4.69) is 23.1 Å². The first-order valence-electron chi connectivity index (χ1n) is 10.6. The molecule has 1 aliphatic carbocycles. The fourth-order valence-electron chi connectivity index (χ4n) is 4.81. The second kappa shape index (κ2) is 8.76. The molecule has 32 heavy (non-hydrogen) atoms. The zero-order valence-electron chi connectivity index (χ0n) is 18.0. The monoisotopic (exact) mass is 467 g/mol. The van der Waals surface area contributed by atoms with Gasteiger partial charge in [0, 0.05) is 34.6 Å². The van der Waals surface area contributed by atoms with E-state index in [1.165, 1.54) is 11.1 Å². The minimum atomic E-state index is 0. The van der Waals surface area contributed by atoms with Crippen molar-refractivity contribution in [3.63, 3.8) is 0 Å². The summed E-state index contributed by atoms with van der Waals surface area (Å²) < 4.78 is 11.3. The zero-order chi connectivity index (χ0) is 21.7. The fourth-order valence-corrected chi connectivity index (χ4v) is 4.81. The normalized spacial score (nSPS) is 19.1. The van der Waals surface area contributed by atoms with Gasteiger partial charge < -0.3 is 21.1 Å². The number of rotatable bonds is 5. The zero-order valence-corrected chi connectivity index (χ0v) is 19.2. The standard InChI is InChI=1S/C24H23BN3O3.Mn/c1-4-28-21(29)12-15-10-18-16(22(15)28)6-5-7-17(18)23-26-24(31-27-23)14-8-9-20(19(25)11-14)30-13(2)3;/h5-9,11,13,15,22H,1,4,10,12H2,2-3H3;/q-1;/t15-,22+;/m0./s1. The van der Waals surface area contributed by atoms with E-state index in [4.69, 9.17) is 17.1 Å². The van der Waals surface area contributed by atoms with Crippen molar-refractivity contribution in [3.05, 3.63) is 54.4 Å². The number of aromatic nitrogens is 2. The number of fused-ring (bicyclic) bond motifs is 3. The van der Waals surface area contributed by atoms with Crippen LogP contribution in [0.15, 0.2) is 40.9 Å². The van der Waals surface area contributed by atoms with Crippen LogP contribution in [0.1, 0.15) is 37.4 Å². The smallest absolute Gasteiger partial charge is 0.258 e. The van der Waals surface area contributed by atoms with Gasteiger partial charge in [-0.05, 0) is 49.4 Å². The summed E-state index contributed by atoms with van der Waals surface area (Å²) in [5, 5.41) is 4.24. The van der Waals surface area contributed by atoms with Gasteiger partial charge in [-0.25, -0.2) is 0 Å². The molecule has 1 aromatic heterocycles. The minimum Gasteiger partial charge on any atom is -0.492 e. The molecule has 8 heteroatoms. The van der Waals surface area contributed by atoms with Crippen LogP contribution in [-0.2, 0) is 28.3 Å². The Labute approximate surface area is 199 Å². The van der Waals surface area contributed by atoms with Gasteiger partial charge in [0.15, 0.2) is 0 Å². The first-order valence-corrected chi connectivity index (χ1v) is 10.6. The van der Waals surface area contributed by atoms with Crippen LogP contribution in [0.25, 0.3) is 22.8 Å².